The van der Waals surface area contributed by atoms with Crippen molar-refractivity contribution in [2.75, 3.05) is 11.9 Å². The lowest BCUT2D eigenvalue weighted by Gasteiger charge is -2.18. The summed E-state index contributed by atoms with van der Waals surface area (Å²) < 4.78 is 5.37. The van der Waals surface area contributed by atoms with Gasteiger partial charge >= 0.3 is 5.97 Å². The van der Waals surface area contributed by atoms with E-state index in [-0.39, 0.29) is 12.0 Å². The van der Waals surface area contributed by atoms with E-state index in [1.807, 2.05) is 6.92 Å². The predicted molar refractivity (Wildman–Crippen MR) is 134 cm³/mol. The zero-order chi connectivity index (χ0) is 22.4. The summed E-state index contributed by atoms with van der Waals surface area (Å²) in [6.45, 7) is 8.77. The second-order valence-corrected chi connectivity index (χ2v) is 9.80. The second-order valence-electron chi connectivity index (χ2n) is 8.29. The van der Waals surface area contributed by atoms with E-state index in [0.29, 0.717) is 23.2 Å². The molecule has 2 unspecified atom stereocenters. The predicted octanol–water partition coefficient (Wildman–Crippen LogP) is 6.75. The summed E-state index contributed by atoms with van der Waals surface area (Å²) in [5.41, 5.74) is 4.38. The summed E-state index contributed by atoms with van der Waals surface area (Å²) in [5.74, 6) is 0.316. The Hall–Kier alpha value is -1.92. The molecule has 0 aliphatic heterocycles. The van der Waals surface area contributed by atoms with E-state index in [9.17, 15) is 4.79 Å². The molecule has 1 heterocycles. The second kappa shape index (κ2) is 11.1. The van der Waals surface area contributed by atoms with E-state index in [0.717, 1.165) is 36.2 Å². The molecule has 0 saturated carbocycles. The van der Waals surface area contributed by atoms with Crippen LogP contribution in [0.2, 0.25) is 0 Å². The van der Waals surface area contributed by atoms with Crippen molar-refractivity contribution in [3.05, 3.63) is 51.4 Å². The first-order valence-corrected chi connectivity index (χ1v) is 12.7. The Kier molecular flexibility index (Phi) is 8.50. The van der Waals surface area contributed by atoms with Crippen LogP contribution in [-0.2, 0) is 17.6 Å². The van der Waals surface area contributed by atoms with Crippen LogP contribution in [0.25, 0.3) is 0 Å². The van der Waals surface area contributed by atoms with Gasteiger partial charge in [0.25, 0.3) is 0 Å². The van der Waals surface area contributed by atoms with Gasteiger partial charge in [-0.05, 0) is 80.8 Å². The van der Waals surface area contributed by atoms with Crippen molar-refractivity contribution in [2.24, 2.45) is 0 Å². The van der Waals surface area contributed by atoms with E-state index < -0.39 is 0 Å². The number of carbonyl (C=O) groups excluding carboxylic acids is 1. The number of hydrogen-bond donors (Lipinski definition) is 2. The van der Waals surface area contributed by atoms with Gasteiger partial charge in [-0.15, -0.1) is 11.3 Å². The van der Waals surface area contributed by atoms with E-state index in [4.69, 9.17) is 17.0 Å². The normalized spacial score (nSPS) is 15.4. The molecule has 1 aromatic heterocycles. The Balaban J connectivity index is 1.73. The average molecular weight is 459 g/mol. The number of carbonyl (C=O) groups is 1. The zero-order valence-electron chi connectivity index (χ0n) is 19.0. The summed E-state index contributed by atoms with van der Waals surface area (Å²) in [7, 11) is 0. The third kappa shape index (κ3) is 5.86. The van der Waals surface area contributed by atoms with Gasteiger partial charge in [-0.2, -0.15) is 0 Å². The smallest absolute Gasteiger partial charge is 0.341 e. The Bertz CT molecular complexity index is 905. The van der Waals surface area contributed by atoms with Crippen LogP contribution in [-0.4, -0.2) is 17.7 Å². The monoisotopic (exact) mass is 458 g/mol. The lowest BCUT2D eigenvalue weighted by atomic mass is 9.96. The van der Waals surface area contributed by atoms with Gasteiger partial charge in [0.15, 0.2) is 5.11 Å². The van der Waals surface area contributed by atoms with Gasteiger partial charge in [0.1, 0.15) is 5.00 Å². The summed E-state index contributed by atoms with van der Waals surface area (Å²) in [6.07, 6.45) is 6.58. The Labute approximate surface area is 195 Å². The molecule has 3 rings (SSSR count). The number of thiophene rings is 1. The van der Waals surface area contributed by atoms with Gasteiger partial charge in [0.2, 0.25) is 0 Å². The molecule has 0 spiro atoms. The van der Waals surface area contributed by atoms with Crippen LogP contribution in [0.3, 0.4) is 0 Å². The number of esters is 1. The van der Waals surface area contributed by atoms with Crippen molar-refractivity contribution >= 4 is 39.6 Å². The number of ether oxygens (including phenoxy) is 1. The molecule has 0 saturated heterocycles. The molecule has 6 heteroatoms. The Morgan fingerprint density at radius 2 is 1.77 bits per heavy atom. The zero-order valence-corrected chi connectivity index (χ0v) is 20.7. The van der Waals surface area contributed by atoms with Gasteiger partial charge in [-0.3, -0.25) is 0 Å². The minimum atomic E-state index is -0.249. The molecule has 0 amide bonds. The number of aryl methyl sites for hydroxylation is 1. The lowest BCUT2D eigenvalue weighted by Crippen LogP contribution is -2.31. The third-order valence-corrected chi connectivity index (χ3v) is 7.52. The number of benzene rings is 1. The molecule has 2 aromatic rings. The van der Waals surface area contributed by atoms with Gasteiger partial charge in [-0.1, -0.05) is 44.5 Å². The molecule has 168 valence electrons. The van der Waals surface area contributed by atoms with E-state index in [2.05, 4.69) is 55.7 Å². The maximum absolute atomic E-state index is 12.7. The minimum absolute atomic E-state index is 0.0646. The molecule has 2 atom stereocenters. The molecule has 0 radical (unpaired) electrons. The van der Waals surface area contributed by atoms with Crippen LogP contribution in [0.15, 0.2) is 24.3 Å². The van der Waals surface area contributed by atoms with Crippen molar-refractivity contribution in [3.8, 4) is 0 Å². The van der Waals surface area contributed by atoms with Gasteiger partial charge < -0.3 is 15.4 Å². The third-order valence-electron chi connectivity index (χ3n) is 6.09. The number of anilines is 1. The average Bonchev–Trinajstić information content (AvgIpc) is 2.93. The number of nitrogens with one attached hydrogen (secondary N) is 2. The molecule has 0 bridgehead atoms. The fraction of sp³-hybridized carbons (Fsp3) is 0.520. The molecule has 2 N–H and O–H groups in total. The standard InChI is InChI=1S/C25H34N2O2S2/c1-5-16(3)18-12-14-19(15-13-18)17(4)26-25(30)27-23-22(24(28)29-6-2)20-10-8-7-9-11-21(20)31-23/h12-17H,5-11H2,1-4H3,(H2,26,27,30). The SMILES string of the molecule is CCOC(=O)c1c(NC(=S)NC(C)c2ccc(C(C)CC)cc2)sc2c1CCCCC2. The van der Waals surface area contributed by atoms with Crippen molar-refractivity contribution in [3.63, 3.8) is 0 Å². The van der Waals surface area contributed by atoms with Crippen molar-refractivity contribution < 1.29 is 9.53 Å². The summed E-state index contributed by atoms with van der Waals surface area (Å²) in [5, 5.41) is 8.01. The number of rotatable bonds is 7. The molecule has 4 nitrogen and oxygen atoms in total. The molecule has 31 heavy (non-hydrogen) atoms. The van der Waals surface area contributed by atoms with E-state index >= 15 is 0 Å². The van der Waals surface area contributed by atoms with Gasteiger partial charge in [-0.25, -0.2) is 4.79 Å². The lowest BCUT2D eigenvalue weighted by molar-refractivity contribution is 0.0527. The number of fused-ring (bicyclic) bond motifs is 1. The molecule has 0 fully saturated rings. The highest BCUT2D eigenvalue weighted by Gasteiger charge is 2.26. The number of hydrogen-bond acceptors (Lipinski definition) is 4. The Morgan fingerprint density at radius 1 is 1.10 bits per heavy atom. The Morgan fingerprint density at radius 3 is 2.45 bits per heavy atom. The highest BCUT2D eigenvalue weighted by atomic mass is 32.1. The number of thiocarbonyl (C=S) groups is 1. The van der Waals surface area contributed by atoms with Gasteiger partial charge in [0, 0.05) is 4.88 Å². The fourth-order valence-electron chi connectivity index (χ4n) is 4.02. The van der Waals surface area contributed by atoms with E-state index in [1.165, 1.54) is 28.8 Å². The quantitative estimate of drug-likeness (QED) is 0.273. The molecule has 1 aliphatic carbocycles. The first kappa shape index (κ1) is 23.7. The van der Waals surface area contributed by atoms with Crippen LogP contribution in [0.4, 0.5) is 5.00 Å². The largest absolute Gasteiger partial charge is 0.462 e. The molecular formula is C25H34N2O2S2. The summed E-state index contributed by atoms with van der Waals surface area (Å²) in [4.78, 5) is 14.0. The van der Waals surface area contributed by atoms with Crippen LogP contribution in [0.5, 0.6) is 0 Å². The first-order chi connectivity index (χ1) is 14.9. The highest BCUT2D eigenvalue weighted by molar-refractivity contribution is 7.80. The van der Waals surface area contributed by atoms with Crippen molar-refractivity contribution in [1.29, 1.82) is 0 Å². The fourth-order valence-corrected chi connectivity index (χ4v) is 5.64. The van der Waals surface area contributed by atoms with Crippen molar-refractivity contribution in [1.82, 2.24) is 5.32 Å². The van der Waals surface area contributed by atoms with Crippen molar-refractivity contribution in [2.45, 2.75) is 78.2 Å². The topological polar surface area (TPSA) is 50.4 Å². The molecule has 1 aromatic carbocycles. The molecule has 1 aliphatic rings. The van der Waals surface area contributed by atoms with Crippen LogP contribution >= 0.6 is 23.6 Å². The first-order valence-electron chi connectivity index (χ1n) is 11.4. The van der Waals surface area contributed by atoms with Gasteiger partial charge in [0.05, 0.1) is 18.2 Å². The van der Waals surface area contributed by atoms with Crippen LogP contribution < -0.4 is 10.6 Å². The molecular weight excluding hydrogens is 424 g/mol. The highest BCUT2D eigenvalue weighted by Crippen LogP contribution is 2.38. The maximum Gasteiger partial charge on any atom is 0.341 e. The minimum Gasteiger partial charge on any atom is -0.462 e. The summed E-state index contributed by atoms with van der Waals surface area (Å²) >= 11 is 7.26. The maximum atomic E-state index is 12.7. The van der Waals surface area contributed by atoms with Crippen LogP contribution in [0.1, 0.15) is 97.3 Å². The van der Waals surface area contributed by atoms with Crippen LogP contribution in [0, 0.1) is 0 Å². The van der Waals surface area contributed by atoms with E-state index in [1.54, 1.807) is 11.3 Å². The summed E-state index contributed by atoms with van der Waals surface area (Å²) in [6, 6.07) is 8.80.